The lowest BCUT2D eigenvalue weighted by Gasteiger charge is -2.09. The maximum Gasteiger partial charge on any atom is 0.115 e. The number of aromatic nitrogens is 2. The van der Waals surface area contributed by atoms with Gasteiger partial charge >= 0.3 is 0 Å². The zero-order valence-electron chi connectivity index (χ0n) is 8.94. The van der Waals surface area contributed by atoms with Crippen LogP contribution in [0.1, 0.15) is 11.1 Å². The van der Waals surface area contributed by atoms with E-state index in [1.54, 1.807) is 12.4 Å². The third-order valence-corrected chi connectivity index (χ3v) is 2.77. The highest BCUT2D eigenvalue weighted by atomic mass is 35.5. The van der Waals surface area contributed by atoms with Crippen LogP contribution in [0.5, 0.6) is 0 Å². The average molecular weight is 234 g/mol. The van der Waals surface area contributed by atoms with Crippen molar-refractivity contribution < 1.29 is 0 Å². The highest BCUT2D eigenvalue weighted by Crippen LogP contribution is 2.23. The second kappa shape index (κ2) is 4.94. The van der Waals surface area contributed by atoms with Gasteiger partial charge in [0.1, 0.15) is 6.33 Å². The van der Waals surface area contributed by atoms with E-state index in [1.807, 2.05) is 25.1 Å². The van der Waals surface area contributed by atoms with E-state index in [4.69, 9.17) is 11.6 Å². The van der Waals surface area contributed by atoms with Gasteiger partial charge in [0.15, 0.2) is 0 Å². The molecule has 0 bridgehead atoms. The van der Waals surface area contributed by atoms with Crippen LogP contribution in [-0.4, -0.2) is 9.97 Å². The standard InChI is InChI=1S/C12H12ClN3/c1-9-11(13)3-2-4-12(9)16-7-10-5-14-8-15-6-10/h2-6,8,16H,7H2,1H3. The lowest BCUT2D eigenvalue weighted by atomic mass is 10.2. The Morgan fingerprint density at radius 2 is 2.00 bits per heavy atom. The van der Waals surface area contributed by atoms with Gasteiger partial charge in [0.2, 0.25) is 0 Å². The van der Waals surface area contributed by atoms with E-state index >= 15 is 0 Å². The van der Waals surface area contributed by atoms with E-state index in [1.165, 1.54) is 6.33 Å². The number of nitrogens with zero attached hydrogens (tertiary/aromatic N) is 2. The number of anilines is 1. The molecule has 1 heterocycles. The topological polar surface area (TPSA) is 37.8 Å². The van der Waals surface area contributed by atoms with Crippen LogP contribution >= 0.6 is 11.6 Å². The van der Waals surface area contributed by atoms with Crippen LogP contribution in [-0.2, 0) is 6.54 Å². The van der Waals surface area contributed by atoms with Crippen LogP contribution < -0.4 is 5.32 Å². The smallest absolute Gasteiger partial charge is 0.115 e. The minimum atomic E-state index is 0.696. The highest BCUT2D eigenvalue weighted by molar-refractivity contribution is 6.31. The van der Waals surface area contributed by atoms with Gasteiger partial charge < -0.3 is 5.32 Å². The second-order valence-corrected chi connectivity index (χ2v) is 3.92. The van der Waals surface area contributed by atoms with Gasteiger partial charge in [-0.3, -0.25) is 0 Å². The third-order valence-electron chi connectivity index (χ3n) is 2.36. The molecule has 82 valence electrons. The van der Waals surface area contributed by atoms with E-state index in [-0.39, 0.29) is 0 Å². The minimum Gasteiger partial charge on any atom is -0.381 e. The van der Waals surface area contributed by atoms with Crippen LogP contribution in [0.3, 0.4) is 0 Å². The number of hydrogen-bond donors (Lipinski definition) is 1. The van der Waals surface area contributed by atoms with Gasteiger partial charge in [-0.1, -0.05) is 17.7 Å². The van der Waals surface area contributed by atoms with Crippen molar-refractivity contribution in [3.8, 4) is 0 Å². The van der Waals surface area contributed by atoms with E-state index in [0.717, 1.165) is 21.8 Å². The first kappa shape index (κ1) is 10.9. The summed E-state index contributed by atoms with van der Waals surface area (Å²) in [5, 5.41) is 4.08. The fraction of sp³-hybridized carbons (Fsp3) is 0.167. The first-order chi connectivity index (χ1) is 7.77. The van der Waals surface area contributed by atoms with Crippen molar-refractivity contribution in [1.29, 1.82) is 0 Å². The summed E-state index contributed by atoms with van der Waals surface area (Å²) in [5.74, 6) is 0. The molecule has 4 heteroatoms. The van der Waals surface area contributed by atoms with Crippen LogP contribution in [0.2, 0.25) is 5.02 Å². The predicted octanol–water partition coefficient (Wildman–Crippen LogP) is 3.05. The molecule has 0 spiro atoms. The molecule has 0 atom stereocenters. The fourth-order valence-corrected chi connectivity index (χ4v) is 1.59. The molecule has 1 aromatic heterocycles. The van der Waals surface area contributed by atoms with Crippen LogP contribution in [0, 0.1) is 6.92 Å². The molecule has 2 rings (SSSR count). The molecule has 3 nitrogen and oxygen atoms in total. The first-order valence-corrected chi connectivity index (χ1v) is 5.38. The highest BCUT2D eigenvalue weighted by Gasteiger charge is 2.01. The molecule has 0 aliphatic carbocycles. The van der Waals surface area contributed by atoms with Gasteiger partial charge in [-0.15, -0.1) is 0 Å². The molecule has 0 saturated heterocycles. The number of benzene rings is 1. The van der Waals surface area contributed by atoms with Crippen molar-refractivity contribution in [3.05, 3.63) is 53.1 Å². The lowest BCUT2D eigenvalue weighted by molar-refractivity contribution is 1.05. The molecule has 0 fully saturated rings. The van der Waals surface area contributed by atoms with Crippen molar-refractivity contribution >= 4 is 17.3 Å². The zero-order valence-corrected chi connectivity index (χ0v) is 9.70. The van der Waals surface area contributed by atoms with Gasteiger partial charge in [-0.25, -0.2) is 9.97 Å². The van der Waals surface area contributed by atoms with Crippen molar-refractivity contribution in [2.24, 2.45) is 0 Å². The first-order valence-electron chi connectivity index (χ1n) is 5.00. The monoisotopic (exact) mass is 233 g/mol. The number of hydrogen-bond acceptors (Lipinski definition) is 3. The molecule has 0 unspecified atom stereocenters. The molecule has 1 aromatic carbocycles. The van der Waals surface area contributed by atoms with Crippen molar-refractivity contribution in [3.63, 3.8) is 0 Å². The van der Waals surface area contributed by atoms with Crippen LogP contribution in [0.15, 0.2) is 36.9 Å². The molecule has 0 aliphatic rings. The Bertz CT molecular complexity index is 471. The molecule has 0 aliphatic heterocycles. The summed E-state index contributed by atoms with van der Waals surface area (Å²) in [6, 6.07) is 5.82. The Balaban J connectivity index is 2.08. The Labute approximate surface area is 99.5 Å². The summed E-state index contributed by atoms with van der Waals surface area (Å²) in [6.07, 6.45) is 5.11. The van der Waals surface area contributed by atoms with Crippen molar-refractivity contribution in [1.82, 2.24) is 9.97 Å². The van der Waals surface area contributed by atoms with Gasteiger partial charge in [0.25, 0.3) is 0 Å². The SMILES string of the molecule is Cc1c(Cl)cccc1NCc1cncnc1. The molecule has 0 radical (unpaired) electrons. The molecule has 0 amide bonds. The Hall–Kier alpha value is -1.61. The number of rotatable bonds is 3. The molecule has 0 saturated carbocycles. The normalized spacial score (nSPS) is 10.1. The maximum absolute atomic E-state index is 6.03. The summed E-state index contributed by atoms with van der Waals surface area (Å²) >= 11 is 6.03. The van der Waals surface area contributed by atoms with Crippen LogP contribution in [0.4, 0.5) is 5.69 Å². The van der Waals surface area contributed by atoms with E-state index in [2.05, 4.69) is 15.3 Å². The molecule has 2 aromatic rings. The second-order valence-electron chi connectivity index (χ2n) is 3.51. The van der Waals surface area contributed by atoms with Crippen LogP contribution in [0.25, 0.3) is 0 Å². The minimum absolute atomic E-state index is 0.696. The number of halogens is 1. The molecular formula is C12H12ClN3. The summed E-state index contributed by atoms with van der Waals surface area (Å²) in [4.78, 5) is 7.92. The lowest BCUT2D eigenvalue weighted by Crippen LogP contribution is -2.01. The molecule has 16 heavy (non-hydrogen) atoms. The summed E-state index contributed by atoms with van der Waals surface area (Å²) in [5.41, 5.74) is 3.14. The van der Waals surface area contributed by atoms with E-state index in [9.17, 15) is 0 Å². The van der Waals surface area contributed by atoms with Gasteiger partial charge in [-0.05, 0) is 24.6 Å². The van der Waals surface area contributed by atoms with Crippen molar-refractivity contribution in [2.45, 2.75) is 13.5 Å². The zero-order chi connectivity index (χ0) is 11.4. The van der Waals surface area contributed by atoms with E-state index < -0.39 is 0 Å². The Morgan fingerprint density at radius 3 is 2.75 bits per heavy atom. The summed E-state index contributed by atoms with van der Waals surface area (Å²) in [6.45, 7) is 2.69. The van der Waals surface area contributed by atoms with Crippen molar-refractivity contribution in [2.75, 3.05) is 5.32 Å². The summed E-state index contributed by atoms with van der Waals surface area (Å²) in [7, 11) is 0. The predicted molar refractivity (Wildman–Crippen MR) is 65.5 cm³/mol. The van der Waals surface area contributed by atoms with Gasteiger partial charge in [-0.2, -0.15) is 0 Å². The van der Waals surface area contributed by atoms with Gasteiger partial charge in [0, 0.05) is 35.2 Å². The average Bonchev–Trinajstić information content (AvgIpc) is 2.32. The molecular weight excluding hydrogens is 222 g/mol. The quantitative estimate of drug-likeness (QED) is 0.886. The largest absolute Gasteiger partial charge is 0.381 e. The maximum atomic E-state index is 6.03. The van der Waals surface area contributed by atoms with Gasteiger partial charge in [0.05, 0.1) is 0 Å². The Morgan fingerprint density at radius 1 is 1.25 bits per heavy atom. The third kappa shape index (κ3) is 2.49. The van der Waals surface area contributed by atoms with E-state index in [0.29, 0.717) is 6.54 Å². The fourth-order valence-electron chi connectivity index (χ4n) is 1.42. The Kier molecular flexibility index (Phi) is 3.37. The summed E-state index contributed by atoms with van der Waals surface area (Å²) < 4.78 is 0. The molecule has 1 N–H and O–H groups in total. The number of nitrogens with one attached hydrogen (secondary N) is 1.